The molecule has 7 nitrogen and oxygen atoms in total. The Morgan fingerprint density at radius 1 is 1.20 bits per heavy atom. The Kier molecular flexibility index (Phi) is 2.99. The minimum atomic E-state index is -1.81. The lowest BCUT2D eigenvalue weighted by Gasteiger charge is -2.36. The summed E-state index contributed by atoms with van der Waals surface area (Å²) in [5.74, 6) is -3.13. The third-order valence-electron chi connectivity index (χ3n) is 2.25. The lowest BCUT2D eigenvalue weighted by Crippen LogP contribution is -2.57. The van der Waals surface area contributed by atoms with Crippen molar-refractivity contribution in [1.82, 2.24) is 0 Å². The van der Waals surface area contributed by atoms with Gasteiger partial charge in [0.1, 0.15) is 0 Å². The molecule has 1 atom stereocenters. The summed E-state index contributed by atoms with van der Waals surface area (Å²) in [5, 5.41) is 18.1. The first-order chi connectivity index (χ1) is 7.10. The molecule has 3 saturated heterocycles. The van der Waals surface area contributed by atoms with E-state index in [0.717, 1.165) is 0 Å². The molecular formula is C7H13BO7. The van der Waals surface area contributed by atoms with E-state index >= 15 is 0 Å². The van der Waals surface area contributed by atoms with Crippen molar-refractivity contribution in [3.63, 3.8) is 0 Å². The smallest absolute Gasteiger partial charge is 0.394 e. The van der Waals surface area contributed by atoms with Crippen LogP contribution in [0.15, 0.2) is 0 Å². The molecule has 0 aliphatic carbocycles. The van der Waals surface area contributed by atoms with Gasteiger partial charge in [-0.3, -0.25) is 0 Å². The second kappa shape index (κ2) is 3.98. The van der Waals surface area contributed by atoms with Crippen molar-refractivity contribution in [2.45, 2.75) is 18.7 Å². The third-order valence-corrected chi connectivity index (χ3v) is 2.25. The molecule has 0 aromatic carbocycles. The summed E-state index contributed by atoms with van der Waals surface area (Å²) in [4.78, 5) is 0. The monoisotopic (exact) mass is 220 g/mol. The summed E-state index contributed by atoms with van der Waals surface area (Å²) >= 11 is 0. The second-order valence-electron chi connectivity index (χ2n) is 3.35. The van der Waals surface area contributed by atoms with E-state index < -0.39 is 19.1 Å². The van der Waals surface area contributed by atoms with Gasteiger partial charge >= 0.3 is 13.3 Å². The zero-order valence-electron chi connectivity index (χ0n) is 8.34. The van der Waals surface area contributed by atoms with Gasteiger partial charge in [-0.25, -0.2) is 0 Å². The molecule has 0 aromatic heterocycles. The van der Waals surface area contributed by atoms with Crippen LogP contribution in [0.2, 0.25) is 0 Å². The van der Waals surface area contributed by atoms with Gasteiger partial charge in [0.25, 0.3) is 0 Å². The lowest BCUT2D eigenvalue weighted by molar-refractivity contribution is -0.404. The van der Waals surface area contributed by atoms with Crippen LogP contribution in [-0.4, -0.2) is 55.7 Å². The average molecular weight is 220 g/mol. The highest BCUT2D eigenvalue weighted by atomic mass is 17.0. The van der Waals surface area contributed by atoms with E-state index in [-0.39, 0.29) is 19.8 Å². The molecule has 0 aromatic rings. The zero-order chi connectivity index (χ0) is 10.9. The number of ether oxygens (including phenoxy) is 2. The van der Waals surface area contributed by atoms with Crippen LogP contribution in [0.25, 0.3) is 0 Å². The van der Waals surface area contributed by atoms with Gasteiger partial charge in [-0.05, 0) is 6.92 Å². The fourth-order valence-electron chi connectivity index (χ4n) is 1.38. The number of rotatable bonds is 6. The van der Waals surface area contributed by atoms with E-state index in [9.17, 15) is 5.11 Å². The molecule has 3 fully saturated rings. The molecule has 0 spiro atoms. The maximum absolute atomic E-state index is 9.61. The van der Waals surface area contributed by atoms with E-state index in [4.69, 9.17) is 28.5 Å². The van der Waals surface area contributed by atoms with Crippen LogP contribution in [0.4, 0.5) is 0 Å². The Labute approximate surface area is 87.0 Å². The van der Waals surface area contributed by atoms with Gasteiger partial charge in [0.05, 0.1) is 26.4 Å². The molecule has 8 heteroatoms. The van der Waals surface area contributed by atoms with Crippen molar-refractivity contribution in [2.24, 2.45) is 0 Å². The van der Waals surface area contributed by atoms with Gasteiger partial charge < -0.3 is 33.6 Å². The molecular weight excluding hydrogens is 207 g/mol. The summed E-state index contributed by atoms with van der Waals surface area (Å²) < 4.78 is 25.0. The minimum absolute atomic E-state index is 0.0357. The summed E-state index contributed by atoms with van der Waals surface area (Å²) in [6.45, 7) is 2.23. The predicted octanol–water partition coefficient (Wildman–Crippen LogP) is -1.56. The first-order valence-corrected chi connectivity index (χ1v) is 4.68. The van der Waals surface area contributed by atoms with Crippen LogP contribution in [-0.2, 0) is 23.4 Å². The fourth-order valence-corrected chi connectivity index (χ4v) is 1.38. The maximum atomic E-state index is 9.61. The molecule has 0 amide bonds. The third kappa shape index (κ3) is 1.90. The number of aliphatic hydroxyl groups excluding tert-OH is 1. The summed E-state index contributed by atoms with van der Waals surface area (Å²) in [7, 11) is -0.849. The Morgan fingerprint density at radius 3 is 2.47 bits per heavy atom. The summed E-state index contributed by atoms with van der Waals surface area (Å²) in [5.41, 5.74) is 0. The molecule has 1 unspecified atom stereocenters. The number of aliphatic hydroxyl groups is 2. The van der Waals surface area contributed by atoms with Gasteiger partial charge in [-0.2, -0.15) is 0 Å². The quantitative estimate of drug-likeness (QED) is 0.413. The Bertz CT molecular complexity index is 231. The van der Waals surface area contributed by atoms with Gasteiger partial charge in [-0.15, -0.1) is 0 Å². The van der Waals surface area contributed by atoms with Crippen molar-refractivity contribution < 1.29 is 33.6 Å². The highest BCUT2D eigenvalue weighted by Gasteiger charge is 2.74. The van der Waals surface area contributed by atoms with Gasteiger partial charge in [0.15, 0.2) is 0 Å². The van der Waals surface area contributed by atoms with Crippen LogP contribution in [0.1, 0.15) is 6.92 Å². The molecule has 3 heterocycles. The van der Waals surface area contributed by atoms with Crippen LogP contribution in [0, 0.1) is 0 Å². The molecule has 0 saturated carbocycles. The Morgan fingerprint density at radius 2 is 1.93 bits per heavy atom. The number of hydrogen-bond donors (Lipinski definition) is 2. The van der Waals surface area contributed by atoms with E-state index in [2.05, 4.69) is 0 Å². The van der Waals surface area contributed by atoms with E-state index in [1.165, 1.54) is 6.92 Å². The molecule has 86 valence electrons. The SMILES string of the molecule is CC1(OCCOCCO)OB2OC1(O)O2. The molecule has 2 N–H and O–H groups in total. The maximum Gasteiger partial charge on any atom is 0.649 e. The molecule has 3 aliphatic heterocycles. The molecule has 2 bridgehead atoms. The van der Waals surface area contributed by atoms with E-state index in [1.807, 2.05) is 0 Å². The van der Waals surface area contributed by atoms with Crippen molar-refractivity contribution >= 4 is 7.32 Å². The highest BCUT2D eigenvalue weighted by Crippen LogP contribution is 2.46. The van der Waals surface area contributed by atoms with Gasteiger partial charge in [0.2, 0.25) is 5.79 Å². The highest BCUT2D eigenvalue weighted by molar-refractivity contribution is 6.40. The Balaban J connectivity index is 1.70. The molecule has 3 aliphatic rings. The average Bonchev–Trinajstić information content (AvgIpc) is 2.51. The van der Waals surface area contributed by atoms with Crippen molar-refractivity contribution in [3.8, 4) is 0 Å². The summed E-state index contributed by atoms with van der Waals surface area (Å²) in [6, 6.07) is 0. The van der Waals surface area contributed by atoms with Crippen LogP contribution >= 0.6 is 0 Å². The minimum Gasteiger partial charge on any atom is -0.394 e. The predicted molar refractivity (Wildman–Crippen MR) is 46.2 cm³/mol. The molecule has 0 radical (unpaired) electrons. The molecule has 15 heavy (non-hydrogen) atoms. The van der Waals surface area contributed by atoms with Crippen molar-refractivity contribution in [1.29, 1.82) is 0 Å². The van der Waals surface area contributed by atoms with Crippen LogP contribution < -0.4 is 0 Å². The molecule has 3 rings (SSSR count). The van der Waals surface area contributed by atoms with Crippen LogP contribution in [0.3, 0.4) is 0 Å². The fraction of sp³-hybridized carbons (Fsp3) is 1.00. The van der Waals surface area contributed by atoms with E-state index in [1.54, 1.807) is 0 Å². The van der Waals surface area contributed by atoms with Gasteiger partial charge in [0, 0.05) is 0 Å². The lowest BCUT2D eigenvalue weighted by atomic mass is 10.2. The van der Waals surface area contributed by atoms with Gasteiger partial charge in [-0.1, -0.05) is 0 Å². The largest absolute Gasteiger partial charge is 0.649 e. The topological polar surface area (TPSA) is 86.6 Å². The normalized spacial score (nSPS) is 38.2. The Hall–Kier alpha value is -0.215. The number of hydrogen-bond acceptors (Lipinski definition) is 7. The standard InChI is InChI=1S/C7H13BO7/c1-6(12-5-4-11-3-2-9)7(10)14-8(13-6)15-7/h9-10H,2-5H2,1H3. The zero-order valence-corrected chi connectivity index (χ0v) is 8.34. The number of fused-ring (bicyclic) bond motifs is 1. The summed E-state index contributed by atoms with van der Waals surface area (Å²) in [6.07, 6.45) is 0. The first-order valence-electron chi connectivity index (χ1n) is 4.68. The second-order valence-corrected chi connectivity index (χ2v) is 3.35. The van der Waals surface area contributed by atoms with Crippen LogP contribution in [0.5, 0.6) is 0 Å². The first kappa shape index (κ1) is 11.3. The van der Waals surface area contributed by atoms with Crippen molar-refractivity contribution in [2.75, 3.05) is 26.4 Å². The van der Waals surface area contributed by atoms with Crippen molar-refractivity contribution in [3.05, 3.63) is 0 Å². The van der Waals surface area contributed by atoms with E-state index in [0.29, 0.717) is 6.61 Å².